The molecule has 0 saturated carbocycles. The van der Waals surface area contributed by atoms with Crippen molar-refractivity contribution in [3.63, 3.8) is 0 Å². The fraction of sp³-hybridized carbons (Fsp3) is 0.733. The molecule has 2 aromatic rings. The molecule has 0 bridgehead atoms. The molecule has 6 heteroatoms. The molecule has 1 saturated heterocycles. The van der Waals surface area contributed by atoms with Gasteiger partial charge in [-0.25, -0.2) is 0 Å². The van der Waals surface area contributed by atoms with Gasteiger partial charge >= 0.3 is 0 Å². The van der Waals surface area contributed by atoms with Gasteiger partial charge in [0.25, 0.3) is 0 Å². The van der Waals surface area contributed by atoms with Crippen LogP contribution < -0.4 is 0 Å². The van der Waals surface area contributed by atoms with Crippen molar-refractivity contribution >= 4 is 23.4 Å². The molecule has 1 atom stereocenters. The molecule has 116 valence electrons. The topological polar surface area (TPSA) is 41.8 Å². The molecular weight excluding hydrogens is 282 g/mol. The first-order chi connectivity index (χ1) is 10.1. The Morgan fingerprint density at radius 2 is 2.00 bits per heavy atom. The molecule has 1 unspecified atom stereocenters. The monoisotopic (exact) mass is 307 g/mol. The predicted octanol–water partition coefficient (Wildman–Crippen LogP) is 3.04. The predicted molar refractivity (Wildman–Crippen MR) is 88.3 cm³/mol. The van der Waals surface area contributed by atoms with Crippen molar-refractivity contribution in [3.8, 4) is 0 Å². The molecule has 1 N–H and O–H groups in total. The van der Waals surface area contributed by atoms with Crippen molar-refractivity contribution in [1.82, 2.24) is 24.2 Å². The number of nitrogens with one attached hydrogen (secondary N) is 1. The average Bonchev–Trinajstić information content (AvgIpc) is 2.96. The summed E-state index contributed by atoms with van der Waals surface area (Å²) in [4.78, 5) is 5.92. The minimum atomic E-state index is 0.365. The third-order valence-electron chi connectivity index (χ3n) is 4.52. The van der Waals surface area contributed by atoms with E-state index >= 15 is 0 Å². The molecule has 1 aliphatic heterocycles. The third-order valence-corrected chi connectivity index (χ3v) is 4.81. The molecule has 0 aliphatic carbocycles. The van der Waals surface area contributed by atoms with Crippen molar-refractivity contribution < 1.29 is 0 Å². The molecule has 0 radical (unpaired) electrons. The minimum Gasteiger partial charge on any atom is -0.328 e. The fourth-order valence-electron chi connectivity index (χ4n) is 3.49. The summed E-state index contributed by atoms with van der Waals surface area (Å²) in [5.41, 5.74) is 3.33. The Hall–Kier alpha value is -1.14. The Bertz CT molecular complexity index is 674. The second-order valence-corrected chi connectivity index (χ2v) is 6.52. The first-order valence-electron chi connectivity index (χ1n) is 8.00. The van der Waals surface area contributed by atoms with Gasteiger partial charge < -0.3 is 9.88 Å². The molecule has 5 nitrogen and oxygen atoms in total. The van der Waals surface area contributed by atoms with Gasteiger partial charge in [-0.3, -0.25) is 9.25 Å². The Kier molecular flexibility index (Phi) is 4.17. The highest BCUT2D eigenvalue weighted by Gasteiger charge is 2.20. The van der Waals surface area contributed by atoms with Crippen LogP contribution in [0, 0.1) is 4.77 Å². The van der Waals surface area contributed by atoms with Gasteiger partial charge in [0.2, 0.25) is 0 Å². The van der Waals surface area contributed by atoms with Crippen LogP contribution in [0.1, 0.15) is 44.8 Å². The number of hydrogen-bond acceptors (Lipinski definition) is 3. The van der Waals surface area contributed by atoms with Crippen LogP contribution in [0.4, 0.5) is 0 Å². The lowest BCUT2D eigenvalue weighted by molar-refractivity contribution is 0.202. The van der Waals surface area contributed by atoms with Crippen molar-refractivity contribution in [1.29, 1.82) is 0 Å². The second-order valence-electron chi connectivity index (χ2n) is 6.13. The standard InChI is InChI=1S/C15H25N5S/c1-4-12-13-14(18(3)17-12)20(15(21)16-13)11(2)10-19-8-6-5-7-9-19/h11H,4-10H2,1-3H3,(H,16,21). The number of fused-ring (bicyclic) bond motifs is 1. The maximum Gasteiger partial charge on any atom is 0.179 e. The van der Waals surface area contributed by atoms with Crippen molar-refractivity contribution in [2.75, 3.05) is 19.6 Å². The fourth-order valence-corrected chi connectivity index (χ4v) is 3.86. The van der Waals surface area contributed by atoms with Crippen molar-refractivity contribution in [3.05, 3.63) is 10.5 Å². The third kappa shape index (κ3) is 2.66. The highest BCUT2D eigenvalue weighted by atomic mass is 32.1. The summed E-state index contributed by atoms with van der Waals surface area (Å²) in [6.45, 7) is 7.89. The van der Waals surface area contributed by atoms with E-state index in [4.69, 9.17) is 12.2 Å². The maximum atomic E-state index is 5.57. The van der Waals surface area contributed by atoms with Gasteiger partial charge in [-0.05, 0) is 51.5 Å². The number of piperidine rings is 1. The van der Waals surface area contributed by atoms with Crippen LogP contribution in [0.2, 0.25) is 0 Å². The van der Waals surface area contributed by atoms with E-state index in [0.29, 0.717) is 6.04 Å². The maximum absolute atomic E-state index is 5.57. The van der Waals surface area contributed by atoms with E-state index in [9.17, 15) is 0 Å². The molecule has 1 aliphatic rings. The minimum absolute atomic E-state index is 0.365. The van der Waals surface area contributed by atoms with Crippen LogP contribution in [0.5, 0.6) is 0 Å². The number of hydrogen-bond donors (Lipinski definition) is 1. The van der Waals surface area contributed by atoms with Gasteiger partial charge in [0.1, 0.15) is 5.52 Å². The number of nitrogens with zero attached hydrogens (tertiary/aromatic N) is 4. The molecule has 0 spiro atoms. The normalized spacial score (nSPS) is 18.4. The zero-order valence-electron chi connectivity index (χ0n) is 13.2. The number of aromatic nitrogens is 4. The van der Waals surface area contributed by atoms with Crippen LogP contribution >= 0.6 is 12.2 Å². The smallest absolute Gasteiger partial charge is 0.179 e. The molecule has 21 heavy (non-hydrogen) atoms. The van der Waals surface area contributed by atoms with Gasteiger partial charge in [0, 0.05) is 19.6 Å². The lowest BCUT2D eigenvalue weighted by Gasteiger charge is -2.29. The highest BCUT2D eigenvalue weighted by Crippen LogP contribution is 2.23. The molecule has 0 amide bonds. The summed E-state index contributed by atoms with van der Waals surface area (Å²) in [5.74, 6) is 0. The average molecular weight is 307 g/mol. The quantitative estimate of drug-likeness (QED) is 0.883. The SMILES string of the molecule is CCc1nn(C)c2c1[nH]c(=S)n2C(C)CN1CCCCC1. The number of likely N-dealkylation sites (tertiary alicyclic amines) is 1. The Labute approximate surface area is 130 Å². The van der Waals surface area contributed by atoms with Crippen LogP contribution in [0.15, 0.2) is 0 Å². The van der Waals surface area contributed by atoms with Gasteiger partial charge in [-0.2, -0.15) is 5.10 Å². The summed E-state index contributed by atoms with van der Waals surface area (Å²) in [5, 5.41) is 4.60. The molecule has 2 aromatic heterocycles. The van der Waals surface area contributed by atoms with E-state index in [1.807, 2.05) is 11.7 Å². The lowest BCUT2D eigenvalue weighted by atomic mass is 10.1. The summed E-state index contributed by atoms with van der Waals surface area (Å²) in [6, 6.07) is 0.365. The Morgan fingerprint density at radius 1 is 1.29 bits per heavy atom. The van der Waals surface area contributed by atoms with Crippen LogP contribution in [-0.2, 0) is 13.5 Å². The Balaban J connectivity index is 1.93. The molecule has 3 heterocycles. The largest absolute Gasteiger partial charge is 0.328 e. The lowest BCUT2D eigenvalue weighted by Crippen LogP contribution is -2.34. The second kappa shape index (κ2) is 5.93. The summed E-state index contributed by atoms with van der Waals surface area (Å²) in [7, 11) is 2.01. The van der Waals surface area contributed by atoms with Gasteiger partial charge in [0.15, 0.2) is 10.4 Å². The van der Waals surface area contributed by atoms with Crippen molar-refractivity contribution in [2.24, 2.45) is 7.05 Å². The van der Waals surface area contributed by atoms with E-state index in [-0.39, 0.29) is 0 Å². The van der Waals surface area contributed by atoms with Crippen molar-refractivity contribution in [2.45, 2.75) is 45.6 Å². The summed E-state index contributed by atoms with van der Waals surface area (Å²) < 4.78 is 5.02. The Morgan fingerprint density at radius 3 is 2.67 bits per heavy atom. The number of rotatable bonds is 4. The number of H-pyrrole nitrogens is 1. The molecule has 0 aromatic carbocycles. The number of aryl methyl sites for hydroxylation is 2. The zero-order chi connectivity index (χ0) is 15.0. The number of imidazole rings is 1. The summed E-state index contributed by atoms with van der Waals surface area (Å²) in [6.07, 6.45) is 4.95. The van der Waals surface area contributed by atoms with Gasteiger partial charge in [-0.1, -0.05) is 13.3 Å². The molecule has 3 rings (SSSR count). The van der Waals surface area contributed by atoms with Gasteiger partial charge in [0.05, 0.1) is 5.69 Å². The summed E-state index contributed by atoms with van der Waals surface area (Å²) >= 11 is 5.57. The number of aromatic amines is 1. The van der Waals surface area contributed by atoms with Gasteiger partial charge in [-0.15, -0.1) is 0 Å². The first kappa shape index (κ1) is 14.8. The molecular formula is C15H25N5S. The zero-order valence-corrected chi connectivity index (χ0v) is 14.0. The van der Waals surface area contributed by atoms with Crippen LogP contribution in [0.3, 0.4) is 0 Å². The van der Waals surface area contributed by atoms with E-state index in [1.165, 1.54) is 32.4 Å². The molecule has 1 fully saturated rings. The van der Waals surface area contributed by atoms with E-state index in [2.05, 4.69) is 33.4 Å². The highest BCUT2D eigenvalue weighted by molar-refractivity contribution is 7.71. The van der Waals surface area contributed by atoms with E-state index in [1.54, 1.807) is 0 Å². The van der Waals surface area contributed by atoms with E-state index < -0.39 is 0 Å². The van der Waals surface area contributed by atoms with E-state index in [0.717, 1.165) is 34.6 Å². The van der Waals surface area contributed by atoms with Crippen LogP contribution in [-0.4, -0.2) is 43.9 Å². The van der Waals surface area contributed by atoms with Crippen LogP contribution in [0.25, 0.3) is 11.2 Å². The first-order valence-corrected chi connectivity index (χ1v) is 8.41.